The van der Waals surface area contributed by atoms with Crippen molar-refractivity contribution >= 4 is 0 Å². The van der Waals surface area contributed by atoms with Crippen molar-refractivity contribution < 1.29 is 23.7 Å². The molecule has 6 rings (SSSR count). The van der Waals surface area contributed by atoms with E-state index in [2.05, 4.69) is 67.6 Å². The summed E-state index contributed by atoms with van der Waals surface area (Å²) in [6, 6.07) is 51.0. The maximum absolute atomic E-state index is 6.65. The maximum Gasteiger partial charge on any atom is 0.115 e. The number of hydrogen-bond donors (Lipinski definition) is 0. The fourth-order valence-electron chi connectivity index (χ4n) is 5.55. The Morgan fingerprint density at radius 1 is 0.431 bits per heavy atom. The van der Waals surface area contributed by atoms with E-state index in [0.717, 1.165) is 22.3 Å². The van der Waals surface area contributed by atoms with Gasteiger partial charge >= 0.3 is 0 Å². The molecule has 1 heterocycles. The molecule has 1 aliphatic heterocycles. The summed E-state index contributed by atoms with van der Waals surface area (Å²) in [6.07, 6.45) is -1.61. The topological polar surface area (TPSA) is 46.2 Å². The standard InChI is InChI=1S/C35H38O5.C7H8.2C2H6/c1-27-33(37-23-29-16-8-3-9-17-29)35(39-25-31-20-12-5-13-21-31)34(38-24-30-18-10-4-11-19-30)32(40-27)26-36-22-28-14-6-2-7-15-28;1-7-5-3-2-4-6-7;2*1-2/h2-21,27,32-35H,22-26H2,1H3;2-6H,1H3;2*1-2H3/t27-,32+,33-,34+,35+;;;/m1.../s1. The molecule has 5 atom stereocenters. The minimum absolute atomic E-state index is 0.216. The van der Waals surface area contributed by atoms with Crippen molar-refractivity contribution in [1.29, 1.82) is 0 Å². The summed E-state index contributed by atoms with van der Waals surface area (Å²) >= 11 is 0. The number of aryl methyl sites for hydroxylation is 1. The van der Waals surface area contributed by atoms with Gasteiger partial charge in [-0.25, -0.2) is 0 Å². The fourth-order valence-corrected chi connectivity index (χ4v) is 5.55. The van der Waals surface area contributed by atoms with Crippen molar-refractivity contribution in [3.05, 3.63) is 179 Å². The predicted octanol–water partition coefficient (Wildman–Crippen LogP) is 10.8. The van der Waals surface area contributed by atoms with Gasteiger partial charge in [0.2, 0.25) is 0 Å². The molecule has 5 aromatic carbocycles. The van der Waals surface area contributed by atoms with E-state index in [1.54, 1.807) is 0 Å². The molecule has 5 heteroatoms. The second-order valence-electron chi connectivity index (χ2n) is 11.8. The van der Waals surface area contributed by atoms with E-state index in [4.69, 9.17) is 23.7 Å². The van der Waals surface area contributed by atoms with Crippen molar-refractivity contribution in [2.45, 2.75) is 98.5 Å². The van der Waals surface area contributed by atoms with Crippen LogP contribution in [0.15, 0.2) is 152 Å². The number of benzene rings is 5. The van der Waals surface area contributed by atoms with Crippen molar-refractivity contribution in [3.8, 4) is 0 Å². The van der Waals surface area contributed by atoms with Gasteiger partial charge in [-0.15, -0.1) is 0 Å². The summed E-state index contributed by atoms with van der Waals surface area (Å²) < 4.78 is 32.5. The number of ether oxygens (including phenoxy) is 5. The third kappa shape index (κ3) is 15.0. The Morgan fingerprint density at radius 3 is 1.14 bits per heavy atom. The SMILES string of the molecule is CC.CC.C[C@H]1O[C@@H](COCc2ccccc2)[C@H](OCc2ccccc2)[C@@H](OCc2ccccc2)[C@@H]1OCc1ccccc1.Cc1ccccc1. The molecule has 0 spiro atoms. The lowest BCUT2D eigenvalue weighted by molar-refractivity contribution is -0.269. The Hall–Kier alpha value is -4.10. The second-order valence-corrected chi connectivity index (χ2v) is 11.8. The van der Waals surface area contributed by atoms with Crippen LogP contribution in [0.25, 0.3) is 0 Å². The summed E-state index contributed by atoms with van der Waals surface area (Å²) in [5.41, 5.74) is 5.74. The molecule has 1 saturated heterocycles. The van der Waals surface area contributed by atoms with Crippen LogP contribution in [-0.2, 0) is 50.1 Å². The van der Waals surface area contributed by atoms with E-state index in [-0.39, 0.29) is 24.4 Å². The molecular weight excluding hydrogens is 633 g/mol. The quantitative estimate of drug-likeness (QED) is 0.123. The highest BCUT2D eigenvalue weighted by Gasteiger charge is 2.46. The van der Waals surface area contributed by atoms with Crippen LogP contribution in [0.4, 0.5) is 0 Å². The summed E-state index contributed by atoms with van der Waals surface area (Å²) in [7, 11) is 0. The molecule has 1 aliphatic rings. The van der Waals surface area contributed by atoms with Crippen molar-refractivity contribution in [1.82, 2.24) is 0 Å². The highest BCUT2D eigenvalue weighted by molar-refractivity contribution is 5.17. The minimum Gasteiger partial charge on any atom is -0.374 e. The van der Waals surface area contributed by atoms with Crippen LogP contribution in [0, 0.1) is 6.92 Å². The Kier molecular flexibility index (Phi) is 20.2. The lowest BCUT2D eigenvalue weighted by Crippen LogP contribution is -2.60. The van der Waals surface area contributed by atoms with Gasteiger partial charge in [0, 0.05) is 0 Å². The van der Waals surface area contributed by atoms with Crippen LogP contribution >= 0.6 is 0 Å². The van der Waals surface area contributed by atoms with Crippen LogP contribution in [-0.4, -0.2) is 37.1 Å². The summed E-state index contributed by atoms with van der Waals surface area (Å²) in [6.45, 7) is 14.4. The maximum atomic E-state index is 6.65. The molecule has 0 aliphatic carbocycles. The van der Waals surface area contributed by atoms with Crippen LogP contribution in [0.5, 0.6) is 0 Å². The minimum atomic E-state index is -0.392. The Bertz CT molecular complexity index is 1520. The average Bonchev–Trinajstić information content (AvgIpc) is 3.20. The molecule has 0 unspecified atom stereocenters. The molecule has 51 heavy (non-hydrogen) atoms. The molecule has 272 valence electrons. The normalized spacial score (nSPS) is 19.2. The van der Waals surface area contributed by atoms with Gasteiger partial charge in [-0.2, -0.15) is 0 Å². The monoisotopic (exact) mass is 690 g/mol. The Morgan fingerprint density at radius 2 is 0.765 bits per heavy atom. The molecule has 5 aromatic rings. The van der Waals surface area contributed by atoms with Gasteiger partial charge in [0.25, 0.3) is 0 Å². The van der Waals surface area contributed by atoms with Crippen molar-refractivity contribution in [3.63, 3.8) is 0 Å². The van der Waals surface area contributed by atoms with E-state index in [1.807, 2.05) is 126 Å². The van der Waals surface area contributed by atoms with E-state index in [1.165, 1.54) is 5.56 Å². The van der Waals surface area contributed by atoms with E-state index in [9.17, 15) is 0 Å². The first-order valence-corrected chi connectivity index (χ1v) is 18.4. The smallest absolute Gasteiger partial charge is 0.115 e. The second kappa shape index (κ2) is 25.0. The van der Waals surface area contributed by atoms with Crippen LogP contribution < -0.4 is 0 Å². The van der Waals surface area contributed by atoms with Gasteiger partial charge in [0.15, 0.2) is 0 Å². The number of hydrogen-bond acceptors (Lipinski definition) is 5. The molecule has 0 amide bonds. The van der Waals surface area contributed by atoms with Gasteiger partial charge in [-0.05, 0) is 36.1 Å². The van der Waals surface area contributed by atoms with Crippen molar-refractivity contribution in [2.75, 3.05) is 6.61 Å². The summed E-state index contributed by atoms with van der Waals surface area (Å²) in [5, 5.41) is 0. The van der Waals surface area contributed by atoms with E-state index in [0.29, 0.717) is 33.0 Å². The molecule has 1 fully saturated rings. The third-order valence-electron chi connectivity index (χ3n) is 8.06. The first kappa shape index (κ1) is 41.3. The van der Waals surface area contributed by atoms with Gasteiger partial charge in [-0.1, -0.05) is 185 Å². The predicted molar refractivity (Wildman–Crippen MR) is 209 cm³/mol. The van der Waals surface area contributed by atoms with Crippen LogP contribution in [0.2, 0.25) is 0 Å². The summed E-state index contributed by atoms with van der Waals surface area (Å²) in [5.74, 6) is 0. The average molecular weight is 691 g/mol. The van der Waals surface area contributed by atoms with Gasteiger partial charge in [0.1, 0.15) is 24.4 Å². The van der Waals surface area contributed by atoms with Gasteiger partial charge in [0.05, 0.1) is 39.1 Å². The molecule has 0 aromatic heterocycles. The number of rotatable bonds is 13. The van der Waals surface area contributed by atoms with Gasteiger partial charge in [-0.3, -0.25) is 0 Å². The highest BCUT2D eigenvalue weighted by atomic mass is 16.6. The zero-order valence-electron chi connectivity index (χ0n) is 31.4. The van der Waals surface area contributed by atoms with E-state index < -0.39 is 6.10 Å². The zero-order chi connectivity index (χ0) is 36.5. The molecule has 0 N–H and O–H groups in total. The van der Waals surface area contributed by atoms with Crippen LogP contribution in [0.1, 0.15) is 62.4 Å². The Balaban J connectivity index is 0.000000556. The Labute approximate surface area is 307 Å². The summed E-state index contributed by atoms with van der Waals surface area (Å²) in [4.78, 5) is 0. The largest absolute Gasteiger partial charge is 0.374 e. The highest BCUT2D eigenvalue weighted by Crippen LogP contribution is 2.31. The van der Waals surface area contributed by atoms with E-state index >= 15 is 0 Å². The molecule has 0 saturated carbocycles. The first-order valence-electron chi connectivity index (χ1n) is 18.4. The first-order chi connectivity index (χ1) is 25.2. The van der Waals surface area contributed by atoms with Crippen molar-refractivity contribution in [2.24, 2.45) is 0 Å². The van der Waals surface area contributed by atoms with Gasteiger partial charge < -0.3 is 23.7 Å². The van der Waals surface area contributed by atoms with Crippen LogP contribution in [0.3, 0.4) is 0 Å². The lowest BCUT2D eigenvalue weighted by Gasteiger charge is -2.45. The molecule has 0 bridgehead atoms. The zero-order valence-corrected chi connectivity index (χ0v) is 31.4. The molecular formula is C46H58O5. The fraction of sp³-hybridized carbons (Fsp3) is 0.348. The lowest BCUT2D eigenvalue weighted by atomic mass is 9.94. The molecule has 0 radical (unpaired) electrons. The molecule has 5 nitrogen and oxygen atoms in total. The third-order valence-corrected chi connectivity index (χ3v) is 8.06.